The lowest BCUT2D eigenvalue weighted by Crippen LogP contribution is -2.38. The molecule has 2 aromatic rings. The number of ether oxygens (including phenoxy) is 1. The topological polar surface area (TPSA) is 41.6 Å². The van der Waals surface area contributed by atoms with Crippen LogP contribution in [0.3, 0.4) is 0 Å². The van der Waals surface area contributed by atoms with Crippen molar-refractivity contribution in [2.24, 2.45) is 0 Å². The minimum atomic E-state index is -0.286. The van der Waals surface area contributed by atoms with Gasteiger partial charge in [-0.25, -0.2) is 4.39 Å². The Hall–Kier alpha value is -2.13. The highest BCUT2D eigenvalue weighted by Gasteiger charge is 2.22. The van der Waals surface area contributed by atoms with Crippen LogP contribution in [-0.2, 0) is 4.79 Å². The molecule has 0 heterocycles. The number of hydrogen-bond donors (Lipinski definition) is 1. The summed E-state index contributed by atoms with van der Waals surface area (Å²) in [6.07, 6.45) is 9.43. The predicted octanol–water partition coefficient (Wildman–Crippen LogP) is 6.27. The minimum Gasteiger partial charge on any atom is -0.457 e. The molecule has 0 aliphatic heterocycles. The molecule has 2 aromatic carbocycles. The van der Waals surface area contributed by atoms with E-state index < -0.39 is 0 Å². The summed E-state index contributed by atoms with van der Waals surface area (Å²) in [5, 5.41) is 4.67. The van der Waals surface area contributed by atoms with Crippen molar-refractivity contribution >= 4 is 26.1 Å². The summed E-state index contributed by atoms with van der Waals surface area (Å²) >= 11 is 0. The van der Waals surface area contributed by atoms with Gasteiger partial charge >= 0.3 is 0 Å². The molecule has 1 saturated carbocycles. The maximum Gasteiger partial charge on any atom is 0.222 e. The average molecular weight is 459 g/mol. The van der Waals surface area contributed by atoms with Gasteiger partial charge in [-0.2, -0.15) is 0 Å². The van der Waals surface area contributed by atoms with Crippen LogP contribution in [-0.4, -0.2) is 29.9 Å². The van der Waals surface area contributed by atoms with Gasteiger partial charge in [0.25, 0.3) is 0 Å². The molecular formula is C26H36FN2O2P. The number of halogens is 1. The van der Waals surface area contributed by atoms with Crippen molar-refractivity contribution in [2.45, 2.75) is 76.8 Å². The summed E-state index contributed by atoms with van der Waals surface area (Å²) in [7, 11) is 4.72. The first-order valence-corrected chi connectivity index (χ1v) is 12.4. The number of nitrogens with one attached hydrogen (secondary N) is 1. The van der Waals surface area contributed by atoms with Gasteiger partial charge in [-0.1, -0.05) is 32.6 Å². The van der Waals surface area contributed by atoms with Gasteiger partial charge in [0.1, 0.15) is 17.3 Å². The number of hydrogen-bond acceptors (Lipinski definition) is 3. The quantitative estimate of drug-likeness (QED) is 0.427. The van der Waals surface area contributed by atoms with Gasteiger partial charge in [0.05, 0.1) is 0 Å². The Balaban J connectivity index is 1.60. The van der Waals surface area contributed by atoms with Crippen molar-refractivity contribution in [1.29, 1.82) is 0 Å². The molecule has 32 heavy (non-hydrogen) atoms. The van der Waals surface area contributed by atoms with Crippen LogP contribution in [0.15, 0.2) is 42.5 Å². The lowest BCUT2D eigenvalue weighted by Gasteiger charge is -2.32. The first kappa shape index (κ1) is 24.5. The highest BCUT2D eigenvalue weighted by Crippen LogP contribution is 2.26. The Morgan fingerprint density at radius 3 is 2.50 bits per heavy atom. The third-order valence-corrected chi connectivity index (χ3v) is 6.80. The molecular weight excluding hydrogens is 422 g/mol. The standard InChI is InChI=1S/C26H36FN2O2P/c1-3-7-20(12-17-26(30)29(2)21-8-5-4-6-9-21)28-24-18-23(15-16-25(24)32)31-22-13-10-19(27)11-14-22/h10-11,13-16,18,20-21,28H,3-9,12,17,32H2,1-2H3. The molecule has 1 N–H and O–H groups in total. The number of benzene rings is 2. The largest absolute Gasteiger partial charge is 0.457 e. The third kappa shape index (κ3) is 7.20. The SMILES string of the molecule is CCCC(CCC(=O)N(C)C1CCCCC1)Nc1cc(Oc2ccc(F)cc2)ccc1P. The number of carbonyl (C=O) groups excluding carboxylic acids is 1. The molecule has 174 valence electrons. The lowest BCUT2D eigenvalue weighted by molar-refractivity contribution is -0.132. The smallest absolute Gasteiger partial charge is 0.222 e. The van der Waals surface area contributed by atoms with Crippen LogP contribution >= 0.6 is 9.24 Å². The molecule has 0 spiro atoms. The Morgan fingerprint density at radius 2 is 1.81 bits per heavy atom. The van der Waals surface area contributed by atoms with Crippen molar-refractivity contribution in [3.8, 4) is 11.5 Å². The summed E-state index contributed by atoms with van der Waals surface area (Å²) < 4.78 is 19.0. The molecule has 0 saturated heterocycles. The van der Waals surface area contributed by atoms with Crippen molar-refractivity contribution in [1.82, 2.24) is 4.90 Å². The van der Waals surface area contributed by atoms with Gasteiger partial charge < -0.3 is 15.0 Å². The Bertz CT molecular complexity index is 869. The maximum absolute atomic E-state index is 13.1. The number of carbonyl (C=O) groups is 1. The molecule has 0 bridgehead atoms. The Labute approximate surface area is 194 Å². The molecule has 0 radical (unpaired) electrons. The van der Waals surface area contributed by atoms with Crippen LogP contribution in [0.2, 0.25) is 0 Å². The highest BCUT2D eigenvalue weighted by molar-refractivity contribution is 7.28. The molecule has 1 aliphatic carbocycles. The van der Waals surface area contributed by atoms with E-state index in [0.717, 1.165) is 43.1 Å². The van der Waals surface area contributed by atoms with Gasteiger partial charge in [0.2, 0.25) is 5.91 Å². The molecule has 0 aromatic heterocycles. The summed E-state index contributed by atoms with van der Waals surface area (Å²) in [5.74, 6) is 1.24. The van der Waals surface area contributed by atoms with Crippen LogP contribution in [0, 0.1) is 5.82 Å². The van der Waals surface area contributed by atoms with E-state index in [1.807, 2.05) is 30.1 Å². The second-order valence-electron chi connectivity index (χ2n) is 8.77. The molecule has 6 heteroatoms. The highest BCUT2D eigenvalue weighted by atomic mass is 31.0. The van der Waals surface area contributed by atoms with E-state index in [-0.39, 0.29) is 17.8 Å². The fourth-order valence-electron chi connectivity index (χ4n) is 4.37. The van der Waals surface area contributed by atoms with Gasteiger partial charge in [-0.15, -0.1) is 9.24 Å². The van der Waals surface area contributed by atoms with E-state index in [1.165, 1.54) is 31.4 Å². The van der Waals surface area contributed by atoms with E-state index in [0.29, 0.717) is 24.0 Å². The van der Waals surface area contributed by atoms with Gasteiger partial charge in [0.15, 0.2) is 0 Å². The average Bonchev–Trinajstić information content (AvgIpc) is 2.81. The fourth-order valence-corrected chi connectivity index (χ4v) is 4.63. The van der Waals surface area contributed by atoms with E-state index in [1.54, 1.807) is 12.1 Å². The zero-order valence-electron chi connectivity index (χ0n) is 19.3. The second-order valence-corrected chi connectivity index (χ2v) is 9.39. The second kappa shape index (κ2) is 12.2. The third-order valence-electron chi connectivity index (χ3n) is 6.29. The molecule has 4 nitrogen and oxygen atoms in total. The van der Waals surface area contributed by atoms with Crippen LogP contribution in [0.5, 0.6) is 11.5 Å². The number of anilines is 1. The first-order valence-electron chi connectivity index (χ1n) is 11.8. The van der Waals surface area contributed by atoms with Gasteiger partial charge in [-0.3, -0.25) is 4.79 Å². The van der Waals surface area contributed by atoms with Crippen molar-refractivity contribution in [3.63, 3.8) is 0 Å². The van der Waals surface area contributed by atoms with E-state index >= 15 is 0 Å². The van der Waals surface area contributed by atoms with Crippen LogP contribution in [0.1, 0.15) is 64.7 Å². The molecule has 2 unspecified atom stereocenters. The van der Waals surface area contributed by atoms with E-state index in [2.05, 4.69) is 21.5 Å². The zero-order valence-corrected chi connectivity index (χ0v) is 20.4. The lowest BCUT2D eigenvalue weighted by atomic mass is 9.94. The monoisotopic (exact) mass is 458 g/mol. The molecule has 2 atom stereocenters. The van der Waals surface area contributed by atoms with Crippen LogP contribution < -0.4 is 15.4 Å². The predicted molar refractivity (Wildman–Crippen MR) is 133 cm³/mol. The number of amides is 1. The summed E-state index contributed by atoms with van der Waals surface area (Å²) in [6.45, 7) is 2.17. The normalized spacial score (nSPS) is 15.2. The molecule has 1 aliphatic rings. The van der Waals surface area contributed by atoms with Gasteiger partial charge in [-0.05, 0) is 67.4 Å². The molecule has 1 fully saturated rings. The number of nitrogens with zero attached hydrogens (tertiary/aromatic N) is 1. The van der Waals surface area contributed by atoms with E-state index in [4.69, 9.17) is 4.74 Å². The summed E-state index contributed by atoms with van der Waals surface area (Å²) in [4.78, 5) is 14.8. The summed E-state index contributed by atoms with van der Waals surface area (Å²) in [5.41, 5.74) is 0.973. The maximum atomic E-state index is 13.1. The van der Waals surface area contributed by atoms with Crippen molar-refractivity contribution in [2.75, 3.05) is 12.4 Å². The van der Waals surface area contributed by atoms with Crippen LogP contribution in [0.25, 0.3) is 0 Å². The minimum absolute atomic E-state index is 0.212. The van der Waals surface area contributed by atoms with Crippen molar-refractivity contribution < 1.29 is 13.9 Å². The fraction of sp³-hybridized carbons (Fsp3) is 0.500. The molecule has 3 rings (SSSR count). The van der Waals surface area contributed by atoms with Gasteiger partial charge in [0, 0.05) is 37.3 Å². The summed E-state index contributed by atoms with van der Waals surface area (Å²) in [6, 6.07) is 12.5. The van der Waals surface area contributed by atoms with Crippen molar-refractivity contribution in [3.05, 3.63) is 48.3 Å². The first-order chi connectivity index (χ1) is 15.5. The van der Waals surface area contributed by atoms with E-state index in [9.17, 15) is 9.18 Å². The zero-order chi connectivity index (χ0) is 22.9. The Morgan fingerprint density at radius 1 is 1.12 bits per heavy atom. The number of rotatable bonds is 10. The molecule has 1 amide bonds. The Kier molecular flexibility index (Phi) is 9.35. The van der Waals surface area contributed by atoms with Crippen LogP contribution in [0.4, 0.5) is 10.1 Å².